The minimum Gasteiger partial charge on any atom is -0.345 e. The van der Waals surface area contributed by atoms with E-state index in [1.807, 2.05) is 37.3 Å². The Hall–Kier alpha value is -2.18. The van der Waals surface area contributed by atoms with Crippen LogP contribution in [0.2, 0.25) is 0 Å². The maximum atomic E-state index is 12.3. The molecule has 0 unspecified atom stereocenters. The summed E-state index contributed by atoms with van der Waals surface area (Å²) in [5.41, 5.74) is 4.05. The summed E-state index contributed by atoms with van der Waals surface area (Å²) in [5.74, 6) is 0. The predicted octanol–water partition coefficient (Wildman–Crippen LogP) is 2.65. The highest BCUT2D eigenvalue weighted by molar-refractivity contribution is 7.89. The monoisotopic (exact) mass is 329 g/mol. The second kappa shape index (κ2) is 6.52. The third kappa shape index (κ3) is 3.60. The molecule has 2 N–H and O–H groups in total. The molecular formula is C17H19N3O2S. The van der Waals surface area contributed by atoms with Crippen LogP contribution in [0.15, 0.2) is 53.7 Å². The van der Waals surface area contributed by atoms with Crippen LogP contribution >= 0.6 is 0 Å². The molecule has 23 heavy (non-hydrogen) atoms. The fourth-order valence-electron chi connectivity index (χ4n) is 2.46. The van der Waals surface area contributed by atoms with Crippen LogP contribution in [-0.4, -0.2) is 24.9 Å². The standard InChI is InChI=1S/C17H19N3O2S/c1-2-13-3-6-15(7-4-13)23(21,22)20-10-9-14-5-8-16-17(11-14)19-12-18-16/h3-8,11-12,20H,2,9-10H2,1H3,(H,18,19). The lowest BCUT2D eigenvalue weighted by atomic mass is 10.1. The largest absolute Gasteiger partial charge is 0.345 e. The number of aromatic nitrogens is 2. The number of hydrogen-bond acceptors (Lipinski definition) is 3. The van der Waals surface area contributed by atoms with Crippen molar-refractivity contribution in [3.8, 4) is 0 Å². The van der Waals surface area contributed by atoms with Gasteiger partial charge in [-0.15, -0.1) is 0 Å². The number of imidazole rings is 1. The van der Waals surface area contributed by atoms with Crippen molar-refractivity contribution >= 4 is 21.1 Å². The Kier molecular flexibility index (Phi) is 4.45. The molecule has 0 aliphatic rings. The number of hydrogen-bond donors (Lipinski definition) is 2. The first-order valence-electron chi connectivity index (χ1n) is 7.59. The van der Waals surface area contributed by atoms with Crippen LogP contribution in [0.25, 0.3) is 11.0 Å². The average Bonchev–Trinajstić information content (AvgIpc) is 3.02. The molecule has 5 nitrogen and oxygen atoms in total. The molecule has 0 radical (unpaired) electrons. The molecule has 3 aromatic rings. The summed E-state index contributed by atoms with van der Waals surface area (Å²) in [5, 5.41) is 0. The molecule has 120 valence electrons. The van der Waals surface area contributed by atoms with Crippen molar-refractivity contribution in [2.45, 2.75) is 24.7 Å². The number of sulfonamides is 1. The van der Waals surface area contributed by atoms with Crippen LogP contribution in [0.1, 0.15) is 18.1 Å². The molecule has 0 saturated heterocycles. The molecule has 0 bridgehead atoms. The van der Waals surface area contributed by atoms with Crippen molar-refractivity contribution in [3.05, 3.63) is 59.9 Å². The summed E-state index contributed by atoms with van der Waals surface area (Å²) in [4.78, 5) is 7.52. The van der Waals surface area contributed by atoms with Gasteiger partial charge >= 0.3 is 0 Å². The molecule has 0 fully saturated rings. The van der Waals surface area contributed by atoms with Crippen LogP contribution in [0, 0.1) is 0 Å². The Labute approximate surface area is 135 Å². The molecule has 0 aliphatic heterocycles. The maximum Gasteiger partial charge on any atom is 0.240 e. The van der Waals surface area contributed by atoms with Crippen molar-refractivity contribution in [1.82, 2.24) is 14.7 Å². The fourth-order valence-corrected chi connectivity index (χ4v) is 3.49. The Morgan fingerprint density at radius 1 is 1.09 bits per heavy atom. The number of aryl methyl sites for hydroxylation is 1. The highest BCUT2D eigenvalue weighted by Gasteiger charge is 2.13. The SMILES string of the molecule is CCc1ccc(S(=O)(=O)NCCc2ccc3nc[nH]c3c2)cc1. The Balaban J connectivity index is 1.64. The highest BCUT2D eigenvalue weighted by Crippen LogP contribution is 2.13. The van der Waals surface area contributed by atoms with Gasteiger partial charge in [-0.1, -0.05) is 25.1 Å². The zero-order chi connectivity index (χ0) is 16.3. The predicted molar refractivity (Wildman–Crippen MR) is 90.8 cm³/mol. The van der Waals surface area contributed by atoms with E-state index in [0.717, 1.165) is 28.6 Å². The van der Waals surface area contributed by atoms with Crippen molar-refractivity contribution in [2.75, 3.05) is 6.54 Å². The normalized spacial score (nSPS) is 11.9. The van der Waals surface area contributed by atoms with Gasteiger partial charge < -0.3 is 4.98 Å². The molecule has 1 heterocycles. The van der Waals surface area contributed by atoms with Crippen LogP contribution < -0.4 is 4.72 Å². The Morgan fingerprint density at radius 3 is 2.57 bits per heavy atom. The molecule has 3 rings (SSSR count). The lowest BCUT2D eigenvalue weighted by Gasteiger charge is -2.07. The van der Waals surface area contributed by atoms with Gasteiger partial charge in [0.15, 0.2) is 0 Å². The number of nitrogens with zero attached hydrogens (tertiary/aromatic N) is 1. The van der Waals surface area contributed by atoms with Gasteiger partial charge in [-0.3, -0.25) is 0 Å². The molecule has 0 atom stereocenters. The zero-order valence-corrected chi connectivity index (χ0v) is 13.7. The topological polar surface area (TPSA) is 74.8 Å². The minimum atomic E-state index is -3.46. The van der Waals surface area contributed by atoms with Crippen molar-refractivity contribution < 1.29 is 8.42 Å². The van der Waals surface area contributed by atoms with Gasteiger partial charge in [0, 0.05) is 6.54 Å². The summed E-state index contributed by atoms with van der Waals surface area (Å²) in [6.45, 7) is 2.40. The molecule has 6 heteroatoms. The van der Waals surface area contributed by atoms with E-state index in [2.05, 4.69) is 14.7 Å². The van der Waals surface area contributed by atoms with E-state index in [-0.39, 0.29) is 0 Å². The first-order valence-corrected chi connectivity index (χ1v) is 9.07. The lowest BCUT2D eigenvalue weighted by Crippen LogP contribution is -2.26. The van der Waals surface area contributed by atoms with E-state index in [1.165, 1.54) is 0 Å². The molecule has 1 aromatic heterocycles. The third-order valence-electron chi connectivity index (χ3n) is 3.83. The summed E-state index contributed by atoms with van der Waals surface area (Å²) < 4.78 is 27.2. The fraction of sp³-hybridized carbons (Fsp3) is 0.235. The van der Waals surface area contributed by atoms with E-state index in [0.29, 0.717) is 17.9 Å². The lowest BCUT2D eigenvalue weighted by molar-refractivity contribution is 0.581. The summed E-state index contributed by atoms with van der Waals surface area (Å²) >= 11 is 0. The quantitative estimate of drug-likeness (QED) is 0.730. The van der Waals surface area contributed by atoms with Gasteiger partial charge in [0.25, 0.3) is 0 Å². The van der Waals surface area contributed by atoms with Crippen molar-refractivity contribution in [3.63, 3.8) is 0 Å². The molecule has 0 spiro atoms. The van der Waals surface area contributed by atoms with E-state index < -0.39 is 10.0 Å². The van der Waals surface area contributed by atoms with Crippen LogP contribution in [0.4, 0.5) is 0 Å². The minimum absolute atomic E-state index is 0.304. The number of fused-ring (bicyclic) bond motifs is 1. The van der Waals surface area contributed by atoms with E-state index in [9.17, 15) is 8.42 Å². The van der Waals surface area contributed by atoms with Crippen LogP contribution in [-0.2, 0) is 22.9 Å². The van der Waals surface area contributed by atoms with Gasteiger partial charge in [-0.25, -0.2) is 18.1 Å². The Morgan fingerprint density at radius 2 is 1.83 bits per heavy atom. The number of rotatable bonds is 6. The van der Waals surface area contributed by atoms with E-state index >= 15 is 0 Å². The van der Waals surface area contributed by atoms with Gasteiger partial charge in [-0.05, 0) is 48.2 Å². The zero-order valence-electron chi connectivity index (χ0n) is 12.9. The van der Waals surface area contributed by atoms with E-state index in [4.69, 9.17) is 0 Å². The molecule has 0 amide bonds. The molecule has 0 aliphatic carbocycles. The number of nitrogens with one attached hydrogen (secondary N) is 2. The first-order chi connectivity index (χ1) is 11.1. The van der Waals surface area contributed by atoms with Crippen molar-refractivity contribution in [1.29, 1.82) is 0 Å². The van der Waals surface area contributed by atoms with Crippen LogP contribution in [0.5, 0.6) is 0 Å². The molecule has 2 aromatic carbocycles. The van der Waals surface area contributed by atoms with Gasteiger partial charge in [0.2, 0.25) is 10.0 Å². The second-order valence-electron chi connectivity index (χ2n) is 5.40. The molecule has 0 saturated carbocycles. The molecular weight excluding hydrogens is 310 g/mol. The highest BCUT2D eigenvalue weighted by atomic mass is 32.2. The number of benzene rings is 2. The third-order valence-corrected chi connectivity index (χ3v) is 5.31. The van der Waals surface area contributed by atoms with E-state index in [1.54, 1.807) is 18.5 Å². The summed E-state index contributed by atoms with van der Waals surface area (Å²) in [7, 11) is -3.46. The smallest absolute Gasteiger partial charge is 0.240 e. The Bertz CT molecular complexity index is 899. The number of H-pyrrole nitrogens is 1. The van der Waals surface area contributed by atoms with Gasteiger partial charge in [-0.2, -0.15) is 0 Å². The average molecular weight is 329 g/mol. The van der Waals surface area contributed by atoms with Crippen LogP contribution in [0.3, 0.4) is 0 Å². The van der Waals surface area contributed by atoms with Gasteiger partial charge in [0.1, 0.15) is 0 Å². The van der Waals surface area contributed by atoms with Gasteiger partial charge in [0.05, 0.1) is 22.3 Å². The summed E-state index contributed by atoms with van der Waals surface area (Å²) in [6.07, 6.45) is 3.17. The second-order valence-corrected chi connectivity index (χ2v) is 7.17. The summed E-state index contributed by atoms with van der Waals surface area (Å²) in [6, 6.07) is 12.9. The van der Waals surface area contributed by atoms with Crippen molar-refractivity contribution in [2.24, 2.45) is 0 Å². The number of aromatic amines is 1. The first kappa shape index (κ1) is 15.7. The maximum absolute atomic E-state index is 12.3.